The molecule has 106 valence electrons. The van der Waals surface area contributed by atoms with E-state index < -0.39 is 10.8 Å². The van der Waals surface area contributed by atoms with Gasteiger partial charge in [-0.3, -0.25) is 4.21 Å². The van der Waals surface area contributed by atoms with Crippen molar-refractivity contribution in [2.24, 2.45) is 5.92 Å². The van der Waals surface area contributed by atoms with Crippen molar-refractivity contribution in [1.82, 2.24) is 5.32 Å². The van der Waals surface area contributed by atoms with Gasteiger partial charge >= 0.3 is 0 Å². The van der Waals surface area contributed by atoms with Gasteiger partial charge in [-0.25, -0.2) is 0 Å². The molecule has 2 nitrogen and oxygen atoms in total. The highest BCUT2D eigenvalue weighted by Gasteiger charge is 2.32. The van der Waals surface area contributed by atoms with Crippen molar-refractivity contribution in [3.8, 4) is 0 Å². The van der Waals surface area contributed by atoms with Gasteiger partial charge < -0.3 is 5.32 Å². The molecule has 1 fully saturated rings. The molecule has 0 heterocycles. The van der Waals surface area contributed by atoms with Crippen LogP contribution in [0.4, 0.5) is 0 Å². The topological polar surface area (TPSA) is 29.1 Å². The lowest BCUT2D eigenvalue weighted by Crippen LogP contribution is -2.46. The van der Waals surface area contributed by atoms with Crippen molar-refractivity contribution >= 4 is 10.8 Å². The summed E-state index contributed by atoms with van der Waals surface area (Å²) in [4.78, 5) is 0.977. The molecule has 4 unspecified atom stereocenters. The molecule has 0 aliphatic heterocycles. The summed E-state index contributed by atoms with van der Waals surface area (Å²) in [7, 11) is -0.887. The minimum atomic E-state index is -0.887. The van der Waals surface area contributed by atoms with Gasteiger partial charge in [0.15, 0.2) is 0 Å². The van der Waals surface area contributed by atoms with Gasteiger partial charge in [0.05, 0.1) is 16.0 Å². The number of nitrogens with one attached hydrogen (secondary N) is 1. The predicted molar refractivity (Wildman–Crippen MR) is 81.7 cm³/mol. The first-order valence-corrected chi connectivity index (χ1v) is 8.62. The zero-order valence-corrected chi connectivity index (χ0v) is 12.8. The molecule has 0 saturated heterocycles. The largest absolute Gasteiger partial charge is 0.313 e. The highest BCUT2D eigenvalue weighted by Crippen LogP contribution is 2.30. The standard InChI is InChI=1S/C16H25NOS/c1-3-11-17-15-10-9-13(2)12-16(15)19(18)14-7-5-4-6-8-14/h4-8,13,15-17H,3,9-12H2,1-2H3. The van der Waals surface area contributed by atoms with E-state index >= 15 is 0 Å². The SMILES string of the molecule is CCCNC1CCC(C)CC1S(=O)c1ccccc1. The second kappa shape index (κ2) is 7.20. The van der Waals surface area contributed by atoms with E-state index in [-0.39, 0.29) is 5.25 Å². The van der Waals surface area contributed by atoms with Crippen LogP contribution >= 0.6 is 0 Å². The van der Waals surface area contributed by atoms with E-state index in [1.54, 1.807) is 0 Å². The monoisotopic (exact) mass is 279 g/mol. The average molecular weight is 279 g/mol. The van der Waals surface area contributed by atoms with Crippen LogP contribution in [0.25, 0.3) is 0 Å². The fourth-order valence-electron chi connectivity index (χ4n) is 2.86. The Bertz CT molecular complexity index is 404. The third-order valence-electron chi connectivity index (χ3n) is 3.96. The molecule has 0 bridgehead atoms. The van der Waals surface area contributed by atoms with Crippen LogP contribution in [0.5, 0.6) is 0 Å². The molecule has 19 heavy (non-hydrogen) atoms. The molecule has 1 saturated carbocycles. The second-order valence-electron chi connectivity index (χ2n) is 5.63. The first-order chi connectivity index (χ1) is 9.22. The van der Waals surface area contributed by atoms with Crippen molar-refractivity contribution in [2.75, 3.05) is 6.54 Å². The molecule has 0 amide bonds. The zero-order valence-electron chi connectivity index (χ0n) is 12.0. The highest BCUT2D eigenvalue weighted by molar-refractivity contribution is 7.85. The maximum absolute atomic E-state index is 12.8. The first-order valence-electron chi connectivity index (χ1n) is 7.41. The van der Waals surface area contributed by atoms with Crippen molar-refractivity contribution in [1.29, 1.82) is 0 Å². The van der Waals surface area contributed by atoms with E-state index in [4.69, 9.17) is 0 Å². The van der Waals surface area contributed by atoms with Gasteiger partial charge in [-0.1, -0.05) is 32.0 Å². The van der Waals surface area contributed by atoms with E-state index in [0.717, 1.165) is 30.7 Å². The Labute approximate surface area is 119 Å². The fraction of sp³-hybridized carbons (Fsp3) is 0.625. The Morgan fingerprint density at radius 2 is 2.00 bits per heavy atom. The first kappa shape index (κ1) is 14.7. The molecule has 0 aromatic heterocycles. The Kier molecular flexibility index (Phi) is 5.59. The minimum Gasteiger partial charge on any atom is -0.313 e. The van der Waals surface area contributed by atoms with Gasteiger partial charge in [0.2, 0.25) is 0 Å². The lowest BCUT2D eigenvalue weighted by molar-refractivity contribution is 0.313. The van der Waals surface area contributed by atoms with Gasteiger partial charge in [0, 0.05) is 10.9 Å². The normalized spacial score (nSPS) is 29.1. The summed E-state index contributed by atoms with van der Waals surface area (Å²) in [5, 5.41) is 3.86. The van der Waals surface area contributed by atoms with Crippen molar-refractivity contribution < 1.29 is 4.21 Å². The summed E-state index contributed by atoms with van der Waals surface area (Å²) >= 11 is 0. The third kappa shape index (κ3) is 3.90. The highest BCUT2D eigenvalue weighted by atomic mass is 32.2. The molecule has 4 atom stereocenters. The second-order valence-corrected chi connectivity index (χ2v) is 7.30. The summed E-state index contributed by atoms with van der Waals surface area (Å²) in [6.07, 6.45) is 4.62. The molecule has 1 aromatic rings. The summed E-state index contributed by atoms with van der Waals surface area (Å²) in [5.74, 6) is 0.692. The van der Waals surface area contributed by atoms with Gasteiger partial charge in [0.1, 0.15) is 0 Å². The van der Waals surface area contributed by atoms with E-state index in [0.29, 0.717) is 12.0 Å². The molecule has 1 N–H and O–H groups in total. The maximum atomic E-state index is 12.8. The molecular weight excluding hydrogens is 254 g/mol. The summed E-state index contributed by atoms with van der Waals surface area (Å²) in [6, 6.07) is 10.3. The number of hydrogen-bond donors (Lipinski definition) is 1. The molecule has 0 spiro atoms. The van der Waals surface area contributed by atoms with Crippen LogP contribution in [-0.2, 0) is 10.8 Å². The smallest absolute Gasteiger partial charge is 0.0576 e. The lowest BCUT2D eigenvalue weighted by Gasteiger charge is -2.35. The maximum Gasteiger partial charge on any atom is 0.0576 e. The van der Waals surface area contributed by atoms with Gasteiger partial charge in [-0.05, 0) is 50.3 Å². The molecule has 3 heteroatoms. The van der Waals surface area contributed by atoms with E-state index in [1.807, 2.05) is 30.3 Å². The van der Waals surface area contributed by atoms with Crippen molar-refractivity contribution in [2.45, 2.75) is 55.7 Å². The summed E-state index contributed by atoms with van der Waals surface area (Å²) in [6.45, 7) is 5.49. The van der Waals surface area contributed by atoms with E-state index in [9.17, 15) is 4.21 Å². The molecule has 0 radical (unpaired) electrons. The zero-order chi connectivity index (χ0) is 13.7. The van der Waals surface area contributed by atoms with Crippen LogP contribution < -0.4 is 5.32 Å². The Morgan fingerprint density at radius 3 is 2.68 bits per heavy atom. The summed E-state index contributed by atoms with van der Waals surface area (Å²) < 4.78 is 12.8. The molecule has 1 aromatic carbocycles. The van der Waals surface area contributed by atoms with Crippen LogP contribution in [0.15, 0.2) is 35.2 Å². The van der Waals surface area contributed by atoms with Gasteiger partial charge in [-0.15, -0.1) is 0 Å². The van der Waals surface area contributed by atoms with Crippen LogP contribution in [-0.4, -0.2) is 22.0 Å². The van der Waals surface area contributed by atoms with Crippen LogP contribution in [0, 0.1) is 5.92 Å². The Hall–Kier alpha value is -0.670. The number of benzene rings is 1. The van der Waals surface area contributed by atoms with Crippen LogP contribution in [0.3, 0.4) is 0 Å². The van der Waals surface area contributed by atoms with Crippen molar-refractivity contribution in [3.05, 3.63) is 30.3 Å². The quantitative estimate of drug-likeness (QED) is 0.895. The Balaban J connectivity index is 2.10. The molecule has 1 aliphatic carbocycles. The fourth-order valence-corrected chi connectivity index (χ4v) is 4.67. The van der Waals surface area contributed by atoms with E-state index in [2.05, 4.69) is 19.2 Å². The van der Waals surface area contributed by atoms with Gasteiger partial charge in [-0.2, -0.15) is 0 Å². The number of rotatable bonds is 5. The third-order valence-corrected chi connectivity index (χ3v) is 5.77. The lowest BCUT2D eigenvalue weighted by atomic mass is 9.87. The summed E-state index contributed by atoms with van der Waals surface area (Å²) in [5.41, 5.74) is 0. The van der Waals surface area contributed by atoms with Gasteiger partial charge in [0.25, 0.3) is 0 Å². The minimum absolute atomic E-state index is 0.262. The molecule has 1 aliphatic rings. The predicted octanol–water partition coefficient (Wildman–Crippen LogP) is 3.35. The molecular formula is C16H25NOS. The van der Waals surface area contributed by atoms with Crippen molar-refractivity contribution in [3.63, 3.8) is 0 Å². The average Bonchev–Trinajstić information content (AvgIpc) is 2.46. The molecule has 2 rings (SSSR count). The Morgan fingerprint density at radius 1 is 1.26 bits per heavy atom. The van der Waals surface area contributed by atoms with Crippen LogP contribution in [0.1, 0.15) is 39.5 Å². The van der Waals surface area contributed by atoms with Crippen LogP contribution in [0.2, 0.25) is 0 Å². The van der Waals surface area contributed by atoms with E-state index in [1.165, 1.54) is 6.42 Å². The number of hydrogen-bond acceptors (Lipinski definition) is 2.